The van der Waals surface area contributed by atoms with E-state index >= 15 is 0 Å². The third kappa shape index (κ3) is 4.08. The number of anilines is 1. The maximum absolute atomic E-state index is 12.3. The maximum atomic E-state index is 12.3. The number of benzene rings is 2. The van der Waals surface area contributed by atoms with E-state index in [1.54, 1.807) is 30.3 Å². The average molecular weight is 423 g/mol. The molecule has 140 valence electrons. The zero-order valence-electron chi connectivity index (χ0n) is 14.6. The second-order valence-corrected chi connectivity index (χ2v) is 8.84. The molecule has 3 aromatic rings. The van der Waals surface area contributed by atoms with Gasteiger partial charge in [-0.3, -0.25) is 4.79 Å². The standard InChI is InChI=1S/C19H16Cl2N2O3S/c1-12(24)23(15-5-3-4-6-16(15)27(2,25)26)11-14-8-7-13-9-10-17(20)22-19(13)18(14)21/h3-10H,11H2,1-2H3. The van der Waals surface area contributed by atoms with Gasteiger partial charge < -0.3 is 4.90 Å². The molecule has 0 saturated heterocycles. The Morgan fingerprint density at radius 2 is 1.74 bits per heavy atom. The van der Waals surface area contributed by atoms with Crippen LogP contribution in [-0.4, -0.2) is 25.6 Å². The molecule has 0 bridgehead atoms. The van der Waals surface area contributed by atoms with Gasteiger partial charge >= 0.3 is 0 Å². The minimum absolute atomic E-state index is 0.0817. The fraction of sp³-hybridized carbons (Fsp3) is 0.158. The van der Waals surface area contributed by atoms with E-state index in [0.717, 1.165) is 11.6 Å². The number of aromatic nitrogens is 1. The summed E-state index contributed by atoms with van der Waals surface area (Å²) in [5, 5.41) is 1.50. The van der Waals surface area contributed by atoms with E-state index in [0.29, 0.717) is 26.9 Å². The molecule has 0 spiro atoms. The van der Waals surface area contributed by atoms with Gasteiger partial charge in [-0.15, -0.1) is 0 Å². The van der Waals surface area contributed by atoms with E-state index in [-0.39, 0.29) is 17.3 Å². The smallest absolute Gasteiger partial charge is 0.224 e. The second-order valence-electron chi connectivity index (χ2n) is 6.09. The summed E-state index contributed by atoms with van der Waals surface area (Å²) in [5.41, 5.74) is 1.47. The van der Waals surface area contributed by atoms with Gasteiger partial charge in [0.15, 0.2) is 9.84 Å². The molecule has 0 N–H and O–H groups in total. The first-order chi connectivity index (χ1) is 12.7. The summed E-state index contributed by atoms with van der Waals surface area (Å²) in [6, 6.07) is 13.5. The zero-order chi connectivity index (χ0) is 19.8. The zero-order valence-corrected chi connectivity index (χ0v) is 16.9. The summed E-state index contributed by atoms with van der Waals surface area (Å²) in [6.07, 6.45) is 1.11. The summed E-state index contributed by atoms with van der Waals surface area (Å²) in [6.45, 7) is 1.48. The third-order valence-electron chi connectivity index (χ3n) is 4.11. The van der Waals surface area contributed by atoms with E-state index in [1.165, 1.54) is 17.9 Å². The normalized spacial score (nSPS) is 11.6. The van der Waals surface area contributed by atoms with Crippen molar-refractivity contribution in [2.24, 2.45) is 0 Å². The number of halogens is 2. The van der Waals surface area contributed by atoms with Crippen molar-refractivity contribution in [2.75, 3.05) is 11.2 Å². The monoisotopic (exact) mass is 422 g/mol. The molecule has 0 aliphatic heterocycles. The Hall–Kier alpha value is -2.15. The highest BCUT2D eigenvalue weighted by atomic mass is 35.5. The van der Waals surface area contributed by atoms with Crippen molar-refractivity contribution in [1.29, 1.82) is 0 Å². The molecular weight excluding hydrogens is 407 g/mol. The molecule has 0 aliphatic rings. The second kappa shape index (κ2) is 7.46. The van der Waals surface area contributed by atoms with Crippen LogP contribution in [0.1, 0.15) is 12.5 Å². The lowest BCUT2D eigenvalue weighted by molar-refractivity contribution is -0.116. The van der Waals surface area contributed by atoms with Crippen LogP contribution in [0.5, 0.6) is 0 Å². The molecule has 0 atom stereocenters. The number of rotatable bonds is 4. The lowest BCUT2D eigenvalue weighted by atomic mass is 10.1. The van der Waals surface area contributed by atoms with Crippen LogP contribution < -0.4 is 4.90 Å². The number of sulfone groups is 1. The molecule has 1 amide bonds. The van der Waals surface area contributed by atoms with E-state index in [2.05, 4.69) is 4.98 Å². The van der Waals surface area contributed by atoms with E-state index < -0.39 is 9.84 Å². The number of carbonyl (C=O) groups excluding carboxylic acids is 1. The molecule has 5 nitrogen and oxygen atoms in total. The van der Waals surface area contributed by atoms with Crippen LogP contribution in [0.4, 0.5) is 5.69 Å². The van der Waals surface area contributed by atoms with Crippen molar-refractivity contribution in [3.63, 3.8) is 0 Å². The Labute approximate surface area is 167 Å². The highest BCUT2D eigenvalue weighted by Gasteiger charge is 2.22. The van der Waals surface area contributed by atoms with Crippen molar-refractivity contribution in [3.05, 3.63) is 64.3 Å². The Morgan fingerprint density at radius 1 is 1.07 bits per heavy atom. The highest BCUT2D eigenvalue weighted by Crippen LogP contribution is 2.31. The molecule has 0 saturated carbocycles. The van der Waals surface area contributed by atoms with Crippen LogP contribution in [0, 0.1) is 0 Å². The first kappa shape index (κ1) is 19.6. The molecule has 3 rings (SSSR count). The first-order valence-corrected chi connectivity index (χ1v) is 10.6. The lowest BCUT2D eigenvalue weighted by Crippen LogP contribution is -2.29. The predicted molar refractivity (Wildman–Crippen MR) is 108 cm³/mol. The summed E-state index contributed by atoms with van der Waals surface area (Å²) >= 11 is 12.5. The van der Waals surface area contributed by atoms with Crippen LogP contribution in [-0.2, 0) is 21.2 Å². The number of para-hydroxylation sites is 1. The largest absolute Gasteiger partial charge is 0.307 e. The van der Waals surface area contributed by atoms with Gasteiger partial charge in [0.2, 0.25) is 5.91 Å². The average Bonchev–Trinajstić information content (AvgIpc) is 2.60. The maximum Gasteiger partial charge on any atom is 0.224 e. The summed E-state index contributed by atoms with van der Waals surface area (Å²) in [7, 11) is -3.51. The lowest BCUT2D eigenvalue weighted by Gasteiger charge is -2.24. The Kier molecular flexibility index (Phi) is 5.42. The fourth-order valence-electron chi connectivity index (χ4n) is 2.82. The Balaban J connectivity index is 2.11. The highest BCUT2D eigenvalue weighted by molar-refractivity contribution is 7.90. The van der Waals surface area contributed by atoms with E-state index in [4.69, 9.17) is 23.2 Å². The van der Waals surface area contributed by atoms with Gasteiger partial charge in [-0.25, -0.2) is 13.4 Å². The topological polar surface area (TPSA) is 67.3 Å². The van der Waals surface area contributed by atoms with Crippen LogP contribution in [0.3, 0.4) is 0 Å². The third-order valence-corrected chi connectivity index (χ3v) is 5.89. The van der Waals surface area contributed by atoms with Crippen LogP contribution in [0.25, 0.3) is 10.9 Å². The van der Waals surface area contributed by atoms with Gasteiger partial charge in [-0.05, 0) is 29.8 Å². The molecule has 0 unspecified atom stereocenters. The molecule has 1 aromatic heterocycles. The Morgan fingerprint density at radius 3 is 2.41 bits per heavy atom. The fourth-order valence-corrected chi connectivity index (χ4v) is 4.13. The summed E-state index contributed by atoms with van der Waals surface area (Å²) in [4.78, 5) is 18.0. The molecule has 0 fully saturated rings. The molecule has 1 heterocycles. The molecule has 0 aliphatic carbocycles. The molecule has 8 heteroatoms. The van der Waals surface area contributed by atoms with Crippen LogP contribution in [0.2, 0.25) is 10.2 Å². The number of amides is 1. The Bertz CT molecular complexity index is 1150. The molecule has 27 heavy (non-hydrogen) atoms. The van der Waals surface area contributed by atoms with Gasteiger partial charge in [-0.2, -0.15) is 0 Å². The van der Waals surface area contributed by atoms with Gasteiger partial charge in [0.05, 0.1) is 27.7 Å². The molecule has 0 radical (unpaired) electrons. The molecule has 2 aromatic carbocycles. The van der Waals surface area contributed by atoms with Gasteiger partial charge in [0, 0.05) is 18.6 Å². The quantitative estimate of drug-likeness (QED) is 0.580. The number of hydrogen-bond donors (Lipinski definition) is 0. The summed E-state index contributed by atoms with van der Waals surface area (Å²) < 4.78 is 24.2. The minimum Gasteiger partial charge on any atom is -0.307 e. The van der Waals surface area contributed by atoms with Crippen molar-refractivity contribution in [2.45, 2.75) is 18.4 Å². The number of hydrogen-bond acceptors (Lipinski definition) is 4. The van der Waals surface area contributed by atoms with Crippen molar-refractivity contribution in [3.8, 4) is 0 Å². The minimum atomic E-state index is -3.51. The first-order valence-electron chi connectivity index (χ1n) is 7.99. The SMILES string of the molecule is CC(=O)N(Cc1ccc2ccc(Cl)nc2c1Cl)c1ccccc1S(C)(=O)=O. The molecular formula is C19H16Cl2N2O3S. The van der Waals surface area contributed by atoms with E-state index in [1.807, 2.05) is 12.1 Å². The summed E-state index contributed by atoms with van der Waals surface area (Å²) in [5.74, 6) is -0.304. The van der Waals surface area contributed by atoms with E-state index in [9.17, 15) is 13.2 Å². The van der Waals surface area contributed by atoms with Crippen molar-refractivity contribution >= 4 is 55.5 Å². The van der Waals surface area contributed by atoms with Gasteiger partial charge in [0.1, 0.15) is 5.15 Å². The van der Waals surface area contributed by atoms with Gasteiger partial charge in [0.25, 0.3) is 0 Å². The number of pyridine rings is 1. The predicted octanol–water partition coefficient (Wildman–Crippen LogP) is 4.50. The van der Waals surface area contributed by atoms with Crippen molar-refractivity contribution < 1.29 is 13.2 Å². The van der Waals surface area contributed by atoms with Gasteiger partial charge in [-0.1, -0.05) is 47.5 Å². The number of fused-ring (bicyclic) bond motifs is 1. The number of nitrogens with zero attached hydrogens (tertiary/aromatic N) is 2. The van der Waals surface area contributed by atoms with Crippen LogP contribution >= 0.6 is 23.2 Å². The number of carbonyl (C=O) groups is 1. The van der Waals surface area contributed by atoms with Crippen molar-refractivity contribution in [1.82, 2.24) is 4.98 Å². The van der Waals surface area contributed by atoms with Crippen LogP contribution in [0.15, 0.2) is 53.4 Å².